The molecule has 0 spiro atoms. The van der Waals surface area contributed by atoms with Gasteiger partial charge in [0.2, 0.25) is 5.91 Å². The highest BCUT2D eigenvalue weighted by molar-refractivity contribution is 7.99. The number of fused-ring (bicyclic) bond motifs is 1. The Morgan fingerprint density at radius 3 is 2.38 bits per heavy atom. The van der Waals surface area contributed by atoms with Crippen LogP contribution in [0.15, 0.2) is 24.3 Å². The number of amides is 2. The Morgan fingerprint density at radius 2 is 1.73 bits per heavy atom. The minimum atomic E-state index is -0.601. The fourth-order valence-electron chi connectivity index (χ4n) is 7.07. The quantitative estimate of drug-likeness (QED) is 0.589. The lowest BCUT2D eigenvalue weighted by Crippen LogP contribution is -2.54. The van der Waals surface area contributed by atoms with Gasteiger partial charge in [0, 0.05) is 18.2 Å². The van der Waals surface area contributed by atoms with Gasteiger partial charge in [0.25, 0.3) is 5.91 Å². The first kappa shape index (κ1) is 25.4. The highest BCUT2D eigenvalue weighted by Crippen LogP contribution is 2.37. The Morgan fingerprint density at radius 1 is 1.03 bits per heavy atom. The number of hydrogen-bond donors (Lipinski definition) is 1. The second-order valence-corrected chi connectivity index (χ2v) is 12.7. The molecule has 1 N–H and O–H groups in total. The highest BCUT2D eigenvalue weighted by atomic mass is 32.2. The van der Waals surface area contributed by atoms with Crippen LogP contribution in [0.2, 0.25) is 0 Å². The Balaban J connectivity index is 1.13. The van der Waals surface area contributed by atoms with Crippen molar-refractivity contribution in [2.24, 2.45) is 5.92 Å². The standard InChI is InChI=1S/C29H39N3O4S/c1-37-24-16-32(26-23(33)17-36-27(24)26)29(35)25(20-4-2-3-5-20)30-28(34)21-8-6-18(7-9-21)19-12-14-31(15-13-19)22-10-11-22/h6-9,19-20,22,24-27H,2-5,10-17H2,1H3,(H,30,34)/t24-,25-,26+,27+/m0/s1. The lowest BCUT2D eigenvalue weighted by Gasteiger charge is -2.32. The molecule has 2 saturated carbocycles. The molecule has 3 heterocycles. The van der Waals surface area contributed by atoms with Crippen LogP contribution in [0.1, 0.15) is 73.2 Å². The summed E-state index contributed by atoms with van der Waals surface area (Å²) >= 11 is 1.64. The number of Topliss-reactive ketones (excluding diaryl/α,β-unsaturated/α-hetero) is 1. The van der Waals surface area contributed by atoms with Gasteiger partial charge in [-0.25, -0.2) is 0 Å². The number of rotatable bonds is 7. The smallest absolute Gasteiger partial charge is 0.251 e. The molecule has 4 atom stereocenters. The average Bonchev–Trinajstić information content (AvgIpc) is 3.32. The molecule has 6 rings (SSSR count). The number of nitrogens with one attached hydrogen (secondary N) is 1. The van der Waals surface area contributed by atoms with Gasteiger partial charge >= 0.3 is 0 Å². The first-order valence-electron chi connectivity index (χ1n) is 14.2. The molecule has 0 aromatic heterocycles. The van der Waals surface area contributed by atoms with Gasteiger partial charge in [-0.05, 0) is 87.4 Å². The molecule has 7 nitrogen and oxygen atoms in total. The number of likely N-dealkylation sites (tertiary alicyclic amines) is 2. The second-order valence-electron chi connectivity index (χ2n) is 11.6. The lowest BCUT2D eigenvalue weighted by molar-refractivity contribution is -0.139. The van der Waals surface area contributed by atoms with Gasteiger partial charge in [0.15, 0.2) is 5.78 Å². The van der Waals surface area contributed by atoms with Gasteiger partial charge in [0.1, 0.15) is 18.7 Å². The zero-order valence-corrected chi connectivity index (χ0v) is 22.6. The SMILES string of the molecule is CS[C@H]1CN(C(=O)[C@@H](NC(=O)c2ccc(C3CCN(C4CC4)CC3)cc2)C2CCCC2)[C@@H]2C(=O)CO[C@H]12. The molecule has 8 heteroatoms. The lowest BCUT2D eigenvalue weighted by atomic mass is 9.89. The van der Waals surface area contributed by atoms with Gasteiger partial charge in [-0.3, -0.25) is 14.4 Å². The number of carbonyl (C=O) groups excluding carboxylic acids is 3. The van der Waals surface area contributed by atoms with Crippen molar-refractivity contribution in [3.05, 3.63) is 35.4 Å². The molecular formula is C29H39N3O4S. The van der Waals surface area contributed by atoms with Gasteiger partial charge in [-0.1, -0.05) is 25.0 Å². The number of nitrogens with zero attached hydrogens (tertiary/aromatic N) is 2. The summed E-state index contributed by atoms with van der Waals surface area (Å²) in [5, 5.41) is 3.20. The minimum absolute atomic E-state index is 0.0232. The van der Waals surface area contributed by atoms with Crippen LogP contribution in [0.25, 0.3) is 0 Å². The summed E-state index contributed by atoms with van der Waals surface area (Å²) in [4.78, 5) is 44.2. The van der Waals surface area contributed by atoms with Crippen LogP contribution in [-0.2, 0) is 14.3 Å². The van der Waals surface area contributed by atoms with E-state index in [1.54, 1.807) is 16.7 Å². The molecule has 2 amide bonds. The normalized spacial score (nSPS) is 30.0. The third-order valence-corrected chi connectivity index (χ3v) is 10.4. The van der Waals surface area contributed by atoms with E-state index in [1.165, 1.54) is 44.3 Å². The van der Waals surface area contributed by atoms with E-state index in [1.807, 2.05) is 18.4 Å². The molecule has 1 aromatic rings. The molecular weight excluding hydrogens is 486 g/mol. The average molecular weight is 526 g/mol. The van der Waals surface area contributed by atoms with E-state index < -0.39 is 12.1 Å². The van der Waals surface area contributed by atoms with Crippen molar-refractivity contribution >= 4 is 29.4 Å². The number of ether oxygens (including phenoxy) is 1. The molecule has 2 aliphatic carbocycles. The van der Waals surface area contributed by atoms with E-state index in [2.05, 4.69) is 22.3 Å². The van der Waals surface area contributed by atoms with E-state index >= 15 is 0 Å². The van der Waals surface area contributed by atoms with E-state index in [4.69, 9.17) is 4.74 Å². The van der Waals surface area contributed by atoms with E-state index in [0.29, 0.717) is 18.0 Å². The van der Waals surface area contributed by atoms with Crippen LogP contribution in [0, 0.1) is 5.92 Å². The zero-order chi connectivity index (χ0) is 25.5. The van der Waals surface area contributed by atoms with Crippen LogP contribution in [0.3, 0.4) is 0 Å². The first-order chi connectivity index (χ1) is 18.0. The minimum Gasteiger partial charge on any atom is -0.367 e. The molecule has 37 heavy (non-hydrogen) atoms. The number of thioether (sulfide) groups is 1. The maximum Gasteiger partial charge on any atom is 0.251 e. The summed E-state index contributed by atoms with van der Waals surface area (Å²) in [7, 11) is 0. The fourth-order valence-corrected chi connectivity index (χ4v) is 7.87. The number of benzene rings is 1. The third kappa shape index (κ3) is 5.09. The molecule has 3 aliphatic heterocycles. The van der Waals surface area contributed by atoms with E-state index in [0.717, 1.165) is 31.7 Å². The summed E-state index contributed by atoms with van der Waals surface area (Å²) in [5.41, 5.74) is 1.90. The number of ketones is 1. The van der Waals surface area contributed by atoms with Crippen molar-refractivity contribution in [1.29, 1.82) is 0 Å². The molecule has 0 unspecified atom stereocenters. The van der Waals surface area contributed by atoms with Crippen LogP contribution >= 0.6 is 11.8 Å². The van der Waals surface area contributed by atoms with Crippen LogP contribution in [-0.4, -0.2) is 89.4 Å². The second kappa shape index (κ2) is 10.7. The van der Waals surface area contributed by atoms with Crippen LogP contribution in [0.5, 0.6) is 0 Å². The summed E-state index contributed by atoms with van der Waals surface area (Å²) < 4.78 is 5.76. The Hall–Kier alpha value is -1.90. The molecule has 0 bridgehead atoms. The monoisotopic (exact) mass is 525 g/mol. The summed E-state index contributed by atoms with van der Waals surface area (Å²) in [6.45, 7) is 2.91. The Kier molecular flexibility index (Phi) is 7.34. The van der Waals surface area contributed by atoms with Gasteiger partial charge in [-0.2, -0.15) is 11.8 Å². The van der Waals surface area contributed by atoms with Crippen molar-refractivity contribution in [3.8, 4) is 0 Å². The summed E-state index contributed by atoms with van der Waals surface area (Å²) in [6, 6.07) is 7.74. The molecule has 200 valence electrons. The van der Waals surface area contributed by atoms with Crippen molar-refractivity contribution in [2.45, 2.75) is 86.8 Å². The number of piperidine rings is 1. The van der Waals surface area contributed by atoms with Gasteiger partial charge in [-0.15, -0.1) is 0 Å². The molecule has 3 saturated heterocycles. The van der Waals surface area contributed by atoms with Crippen molar-refractivity contribution in [1.82, 2.24) is 15.1 Å². The van der Waals surface area contributed by atoms with Gasteiger partial charge < -0.3 is 19.9 Å². The van der Waals surface area contributed by atoms with Crippen molar-refractivity contribution in [2.75, 3.05) is 32.5 Å². The zero-order valence-electron chi connectivity index (χ0n) is 21.8. The maximum absolute atomic E-state index is 13.9. The molecule has 5 fully saturated rings. The number of carbonyl (C=O) groups is 3. The Bertz CT molecular complexity index is 1010. The van der Waals surface area contributed by atoms with Crippen LogP contribution in [0.4, 0.5) is 0 Å². The van der Waals surface area contributed by atoms with E-state index in [9.17, 15) is 14.4 Å². The molecule has 5 aliphatic rings. The van der Waals surface area contributed by atoms with Gasteiger partial charge in [0.05, 0.1) is 11.4 Å². The summed E-state index contributed by atoms with van der Waals surface area (Å²) in [6.07, 6.45) is 10.8. The predicted octanol–water partition coefficient (Wildman–Crippen LogP) is 3.23. The fraction of sp³-hybridized carbons (Fsp3) is 0.690. The molecule has 0 radical (unpaired) electrons. The summed E-state index contributed by atoms with van der Waals surface area (Å²) in [5.74, 6) is 0.316. The largest absolute Gasteiger partial charge is 0.367 e. The highest BCUT2D eigenvalue weighted by Gasteiger charge is 2.53. The maximum atomic E-state index is 13.9. The topological polar surface area (TPSA) is 79.0 Å². The molecule has 1 aromatic carbocycles. The Labute approximate surface area is 224 Å². The third-order valence-electron chi connectivity index (χ3n) is 9.38. The number of hydrogen-bond acceptors (Lipinski definition) is 6. The van der Waals surface area contributed by atoms with Crippen molar-refractivity contribution in [3.63, 3.8) is 0 Å². The van der Waals surface area contributed by atoms with Crippen LogP contribution < -0.4 is 5.32 Å². The predicted molar refractivity (Wildman–Crippen MR) is 144 cm³/mol. The van der Waals surface area contributed by atoms with Crippen molar-refractivity contribution < 1.29 is 19.1 Å². The first-order valence-corrected chi connectivity index (χ1v) is 15.4. The van der Waals surface area contributed by atoms with E-state index in [-0.39, 0.29) is 41.5 Å².